The number of benzene rings is 2. The molecule has 0 aliphatic carbocycles. The van der Waals surface area contributed by atoms with Crippen LogP contribution in [0.2, 0.25) is 0 Å². The van der Waals surface area contributed by atoms with Crippen molar-refractivity contribution in [1.29, 1.82) is 0 Å². The summed E-state index contributed by atoms with van der Waals surface area (Å²) in [6, 6.07) is 12.9. The van der Waals surface area contributed by atoms with Crippen LogP contribution in [0.5, 0.6) is 0 Å². The number of ketones is 1. The summed E-state index contributed by atoms with van der Waals surface area (Å²) in [5, 5.41) is 20.5. The van der Waals surface area contributed by atoms with Crippen LogP contribution in [0.15, 0.2) is 60.7 Å². The lowest BCUT2D eigenvalue weighted by atomic mass is 10.1. The number of nitro benzene ring substituents is 1. The van der Waals surface area contributed by atoms with Gasteiger partial charge in [0.1, 0.15) is 5.76 Å². The highest BCUT2D eigenvalue weighted by molar-refractivity contribution is 6.41. The number of amides is 2. The second kappa shape index (κ2) is 8.20. The van der Waals surface area contributed by atoms with Crippen LogP contribution in [0, 0.1) is 10.1 Å². The Morgan fingerprint density at radius 3 is 2.27 bits per heavy atom. The van der Waals surface area contributed by atoms with Gasteiger partial charge in [-0.15, -0.1) is 0 Å². The van der Waals surface area contributed by atoms with Gasteiger partial charge in [-0.1, -0.05) is 36.4 Å². The molecule has 2 aromatic rings. The van der Waals surface area contributed by atoms with E-state index in [2.05, 4.69) is 0 Å². The van der Waals surface area contributed by atoms with Gasteiger partial charge in [0.15, 0.2) is 0 Å². The third-order valence-corrected chi connectivity index (χ3v) is 3.17. The van der Waals surface area contributed by atoms with Gasteiger partial charge in [-0.2, -0.15) is 0 Å². The Hall–Kier alpha value is -4.01. The largest absolute Gasteiger partial charge is 0.507 e. The summed E-state index contributed by atoms with van der Waals surface area (Å²) in [5.74, 6) is -3.53. The summed E-state index contributed by atoms with van der Waals surface area (Å²) < 4.78 is 0. The Morgan fingerprint density at radius 1 is 0.962 bits per heavy atom. The van der Waals surface area contributed by atoms with Gasteiger partial charge < -0.3 is 5.11 Å². The van der Waals surface area contributed by atoms with Crippen LogP contribution in [-0.2, 0) is 9.59 Å². The minimum Gasteiger partial charge on any atom is -0.507 e. The molecule has 2 rings (SSSR count). The number of nitro groups is 1. The average Bonchev–Trinajstić information content (AvgIpc) is 2.66. The second-order valence-corrected chi connectivity index (χ2v) is 4.98. The van der Waals surface area contributed by atoms with Gasteiger partial charge >= 0.3 is 5.91 Å². The van der Waals surface area contributed by atoms with Gasteiger partial charge in [-0.05, 0) is 6.07 Å². The topological polar surface area (TPSA) is 139 Å². The van der Waals surface area contributed by atoms with Crippen LogP contribution >= 0.6 is 0 Å². The molecule has 0 fully saturated rings. The monoisotopic (exact) mass is 355 g/mol. The molecule has 0 radical (unpaired) electrons. The molecule has 2 amide bonds. The number of hydrogen-bond acceptors (Lipinski definition) is 6. The third kappa shape index (κ3) is 4.74. The first kappa shape index (κ1) is 18.3. The van der Waals surface area contributed by atoms with Crippen molar-refractivity contribution < 1.29 is 24.4 Å². The predicted molar refractivity (Wildman–Crippen MR) is 90.8 cm³/mol. The first-order valence-corrected chi connectivity index (χ1v) is 7.23. The Balaban J connectivity index is 1.97. The highest BCUT2D eigenvalue weighted by atomic mass is 16.6. The summed E-state index contributed by atoms with van der Waals surface area (Å²) in [6.45, 7) is 0. The molecule has 0 atom stereocenters. The molecule has 0 aliphatic heterocycles. The molecular weight excluding hydrogens is 342 g/mol. The van der Waals surface area contributed by atoms with Crippen LogP contribution in [-0.4, -0.2) is 27.6 Å². The number of hydrogen-bond donors (Lipinski definition) is 3. The fraction of sp³-hybridized carbons (Fsp3) is 0. The van der Waals surface area contributed by atoms with Gasteiger partial charge in [0.25, 0.3) is 11.6 Å². The smallest absolute Gasteiger partial charge is 0.310 e. The van der Waals surface area contributed by atoms with Crippen LogP contribution in [0.25, 0.3) is 5.76 Å². The van der Waals surface area contributed by atoms with Gasteiger partial charge in [0.2, 0.25) is 5.78 Å². The van der Waals surface area contributed by atoms with Gasteiger partial charge in [-0.3, -0.25) is 35.3 Å². The van der Waals surface area contributed by atoms with E-state index >= 15 is 0 Å². The maximum absolute atomic E-state index is 11.9. The third-order valence-electron chi connectivity index (χ3n) is 3.17. The highest BCUT2D eigenvalue weighted by Crippen LogP contribution is 2.13. The zero-order chi connectivity index (χ0) is 19.1. The number of nitrogens with one attached hydrogen (secondary N) is 2. The lowest BCUT2D eigenvalue weighted by Gasteiger charge is -2.06. The number of non-ortho nitro benzene ring substituents is 1. The number of carbonyl (C=O) groups is 3. The standard InChI is InChI=1S/C17H13N3O6/c21-14(11-5-2-1-3-6-11)10-15(22)17(24)19-18-16(23)12-7-4-8-13(9-12)20(25)26/h1-10,21H,(H,18,23)(H,19,24)/b14-10-. The summed E-state index contributed by atoms with van der Waals surface area (Å²) in [6.07, 6.45) is 0.712. The molecule has 0 aliphatic rings. The van der Waals surface area contributed by atoms with Crippen LogP contribution in [0.4, 0.5) is 5.69 Å². The summed E-state index contributed by atoms with van der Waals surface area (Å²) in [7, 11) is 0. The van der Waals surface area contributed by atoms with E-state index in [-0.39, 0.29) is 11.3 Å². The fourth-order valence-electron chi connectivity index (χ4n) is 1.89. The summed E-state index contributed by atoms with van der Waals surface area (Å²) in [5.41, 5.74) is 3.81. The molecule has 9 heteroatoms. The number of rotatable bonds is 5. The Labute approximate surface area is 147 Å². The zero-order valence-corrected chi connectivity index (χ0v) is 13.2. The normalized spacial score (nSPS) is 10.7. The number of nitrogens with zero attached hydrogens (tertiary/aromatic N) is 1. The van der Waals surface area contributed by atoms with E-state index in [1.165, 1.54) is 18.2 Å². The number of aliphatic hydroxyl groups is 1. The summed E-state index contributed by atoms with van der Waals surface area (Å²) in [4.78, 5) is 45.3. The van der Waals surface area contributed by atoms with E-state index in [1.807, 2.05) is 10.9 Å². The van der Waals surface area contributed by atoms with Crippen molar-refractivity contribution in [3.05, 3.63) is 81.9 Å². The molecule has 26 heavy (non-hydrogen) atoms. The van der Waals surface area contributed by atoms with E-state index in [4.69, 9.17) is 0 Å². The lowest BCUT2D eigenvalue weighted by molar-refractivity contribution is -0.384. The zero-order valence-electron chi connectivity index (χ0n) is 13.2. The molecule has 132 valence electrons. The van der Waals surface area contributed by atoms with E-state index < -0.39 is 28.3 Å². The molecule has 2 aromatic carbocycles. The van der Waals surface area contributed by atoms with E-state index in [0.717, 1.165) is 6.07 Å². The van der Waals surface area contributed by atoms with Crippen molar-refractivity contribution in [2.45, 2.75) is 0 Å². The fourth-order valence-corrected chi connectivity index (χ4v) is 1.89. The number of aliphatic hydroxyl groups excluding tert-OH is 1. The average molecular weight is 355 g/mol. The van der Waals surface area contributed by atoms with Crippen LogP contribution in [0.1, 0.15) is 15.9 Å². The summed E-state index contributed by atoms with van der Waals surface area (Å²) >= 11 is 0. The second-order valence-electron chi connectivity index (χ2n) is 4.98. The van der Waals surface area contributed by atoms with Crippen molar-refractivity contribution in [1.82, 2.24) is 10.9 Å². The van der Waals surface area contributed by atoms with Crippen molar-refractivity contribution in [3.8, 4) is 0 Å². The molecular formula is C17H13N3O6. The van der Waals surface area contributed by atoms with E-state index in [0.29, 0.717) is 11.6 Å². The first-order chi connectivity index (χ1) is 12.4. The highest BCUT2D eigenvalue weighted by Gasteiger charge is 2.16. The SMILES string of the molecule is O=C(/C=C(\O)c1ccccc1)C(=O)NNC(=O)c1cccc([N+](=O)[O-])c1. The molecule has 3 N–H and O–H groups in total. The van der Waals surface area contributed by atoms with Crippen LogP contribution in [0.3, 0.4) is 0 Å². The lowest BCUT2D eigenvalue weighted by Crippen LogP contribution is -2.44. The van der Waals surface area contributed by atoms with E-state index in [9.17, 15) is 29.6 Å². The first-order valence-electron chi connectivity index (χ1n) is 7.23. The van der Waals surface area contributed by atoms with Crippen molar-refractivity contribution in [2.75, 3.05) is 0 Å². The maximum atomic E-state index is 11.9. The maximum Gasteiger partial charge on any atom is 0.310 e. The molecule has 0 aromatic heterocycles. The van der Waals surface area contributed by atoms with Gasteiger partial charge in [0.05, 0.1) is 4.92 Å². The van der Waals surface area contributed by atoms with Gasteiger partial charge in [0, 0.05) is 29.3 Å². The van der Waals surface area contributed by atoms with E-state index in [1.54, 1.807) is 30.3 Å². The minimum absolute atomic E-state index is 0.0744. The molecule has 0 bridgehead atoms. The Bertz CT molecular complexity index is 892. The van der Waals surface area contributed by atoms with Gasteiger partial charge in [-0.25, -0.2) is 0 Å². The van der Waals surface area contributed by atoms with Crippen molar-refractivity contribution in [3.63, 3.8) is 0 Å². The molecule has 9 nitrogen and oxygen atoms in total. The molecule has 0 saturated carbocycles. The minimum atomic E-state index is -1.19. The quantitative estimate of drug-likeness (QED) is 0.244. The number of hydrazine groups is 1. The molecule has 0 saturated heterocycles. The van der Waals surface area contributed by atoms with Crippen LogP contribution < -0.4 is 10.9 Å². The molecule has 0 heterocycles. The Morgan fingerprint density at radius 2 is 1.62 bits per heavy atom. The molecule has 0 unspecified atom stereocenters. The predicted octanol–water partition coefficient (Wildman–Crippen LogP) is 1.52. The molecule has 0 spiro atoms. The number of carbonyl (C=O) groups excluding carboxylic acids is 3. The van der Waals surface area contributed by atoms with Crippen molar-refractivity contribution >= 4 is 29.0 Å². The Kier molecular flexibility index (Phi) is 5.78. The van der Waals surface area contributed by atoms with Crippen molar-refractivity contribution in [2.24, 2.45) is 0 Å².